The van der Waals surface area contributed by atoms with Crippen LogP contribution in [0.2, 0.25) is 0 Å². The fraction of sp³-hybridized carbons (Fsp3) is 0.600. The zero-order chi connectivity index (χ0) is 6.20. The first-order chi connectivity index (χ1) is 3.75. The number of methoxy groups -OCH3 is 2. The molecule has 1 fully saturated rings. The van der Waals surface area contributed by atoms with Crippen molar-refractivity contribution in [3.05, 3.63) is 12.3 Å². The minimum absolute atomic E-state index is 0.530. The highest BCUT2D eigenvalue weighted by molar-refractivity contribution is 5.09. The van der Waals surface area contributed by atoms with Crippen LogP contribution in [-0.2, 0) is 14.2 Å². The van der Waals surface area contributed by atoms with Crippen molar-refractivity contribution in [2.24, 2.45) is 0 Å². The van der Waals surface area contributed by atoms with Crippen molar-refractivity contribution in [3.8, 4) is 0 Å². The maximum atomic E-state index is 4.77. The number of ether oxygens (including phenoxy) is 3. The number of hydrogen-bond donors (Lipinski definition) is 0. The molecule has 46 valence electrons. The first-order valence-corrected chi connectivity index (χ1v) is 2.24. The summed E-state index contributed by atoms with van der Waals surface area (Å²) in [6, 6.07) is 0. The van der Waals surface area contributed by atoms with Gasteiger partial charge in [-0.3, -0.25) is 0 Å². The van der Waals surface area contributed by atoms with Gasteiger partial charge in [0.15, 0.2) is 5.76 Å². The normalized spacial score (nSPS) is 22.5. The van der Waals surface area contributed by atoms with Gasteiger partial charge >= 0.3 is 5.97 Å². The Hall–Kier alpha value is -0.540. The van der Waals surface area contributed by atoms with Gasteiger partial charge in [0.25, 0.3) is 0 Å². The van der Waals surface area contributed by atoms with Crippen molar-refractivity contribution >= 4 is 0 Å². The molecule has 0 saturated carbocycles. The second-order valence-electron chi connectivity index (χ2n) is 1.49. The Morgan fingerprint density at radius 2 is 1.88 bits per heavy atom. The molecule has 1 rings (SSSR count). The van der Waals surface area contributed by atoms with E-state index in [-0.39, 0.29) is 0 Å². The summed E-state index contributed by atoms with van der Waals surface area (Å²) in [5.74, 6) is -0.373. The van der Waals surface area contributed by atoms with Crippen molar-refractivity contribution in [3.63, 3.8) is 0 Å². The van der Waals surface area contributed by atoms with Gasteiger partial charge in [-0.15, -0.1) is 0 Å². The minimum atomic E-state index is -0.903. The summed E-state index contributed by atoms with van der Waals surface area (Å²) in [5.41, 5.74) is 0. The van der Waals surface area contributed by atoms with E-state index in [0.29, 0.717) is 5.76 Å². The van der Waals surface area contributed by atoms with Gasteiger partial charge in [-0.1, -0.05) is 6.58 Å². The summed E-state index contributed by atoms with van der Waals surface area (Å²) < 4.78 is 14.3. The SMILES string of the molecule is C=C1OC1(OC)OC. The van der Waals surface area contributed by atoms with E-state index >= 15 is 0 Å². The highest BCUT2D eigenvalue weighted by atomic mass is 16.9. The molecular formula is C5H8O3. The van der Waals surface area contributed by atoms with Crippen molar-refractivity contribution in [1.82, 2.24) is 0 Å². The Morgan fingerprint density at radius 1 is 1.50 bits per heavy atom. The monoisotopic (exact) mass is 116 g/mol. The van der Waals surface area contributed by atoms with Gasteiger partial charge in [0.2, 0.25) is 0 Å². The Morgan fingerprint density at radius 3 is 1.88 bits per heavy atom. The quantitative estimate of drug-likeness (QED) is 0.388. The van der Waals surface area contributed by atoms with Crippen molar-refractivity contribution in [2.45, 2.75) is 5.97 Å². The third-order valence-corrected chi connectivity index (χ3v) is 1.09. The minimum Gasteiger partial charge on any atom is -0.428 e. The second-order valence-corrected chi connectivity index (χ2v) is 1.49. The van der Waals surface area contributed by atoms with Crippen LogP contribution in [0.4, 0.5) is 0 Å². The van der Waals surface area contributed by atoms with Crippen LogP contribution in [0.15, 0.2) is 12.3 Å². The van der Waals surface area contributed by atoms with Gasteiger partial charge in [0.1, 0.15) is 0 Å². The van der Waals surface area contributed by atoms with E-state index < -0.39 is 5.97 Å². The summed E-state index contributed by atoms with van der Waals surface area (Å²) in [6.45, 7) is 3.49. The van der Waals surface area contributed by atoms with Gasteiger partial charge in [0, 0.05) is 14.2 Å². The molecule has 0 radical (unpaired) electrons. The first kappa shape index (κ1) is 5.59. The predicted molar refractivity (Wildman–Crippen MR) is 27.0 cm³/mol. The molecule has 1 saturated heterocycles. The van der Waals surface area contributed by atoms with E-state index in [9.17, 15) is 0 Å². The average molecular weight is 116 g/mol. The Bertz CT molecular complexity index is 115. The number of epoxide rings is 1. The van der Waals surface area contributed by atoms with Crippen molar-refractivity contribution in [1.29, 1.82) is 0 Å². The van der Waals surface area contributed by atoms with Crippen LogP contribution in [0.3, 0.4) is 0 Å². The summed E-state index contributed by atoms with van der Waals surface area (Å²) >= 11 is 0. The summed E-state index contributed by atoms with van der Waals surface area (Å²) in [7, 11) is 3.00. The Balaban J connectivity index is 2.52. The molecule has 0 amide bonds. The van der Waals surface area contributed by atoms with Gasteiger partial charge in [-0.2, -0.15) is 0 Å². The molecule has 0 bridgehead atoms. The molecule has 0 N–H and O–H groups in total. The van der Waals surface area contributed by atoms with Gasteiger partial charge in [-0.25, -0.2) is 0 Å². The second kappa shape index (κ2) is 1.47. The van der Waals surface area contributed by atoms with Crippen molar-refractivity contribution in [2.75, 3.05) is 14.2 Å². The molecule has 3 heteroatoms. The Kier molecular flexibility index (Phi) is 1.03. The van der Waals surface area contributed by atoms with Gasteiger partial charge < -0.3 is 14.2 Å². The molecule has 8 heavy (non-hydrogen) atoms. The molecule has 0 aromatic rings. The highest BCUT2D eigenvalue weighted by Crippen LogP contribution is 2.40. The van der Waals surface area contributed by atoms with Crippen LogP contribution in [-0.4, -0.2) is 20.2 Å². The standard InChI is InChI=1S/C5H8O3/c1-4-5(6-2,7-3)8-4/h1H2,2-3H3. The molecular weight excluding hydrogens is 108 g/mol. The zero-order valence-corrected chi connectivity index (χ0v) is 4.93. The lowest BCUT2D eigenvalue weighted by Crippen LogP contribution is -2.14. The number of rotatable bonds is 2. The zero-order valence-electron chi connectivity index (χ0n) is 4.93. The lowest BCUT2D eigenvalue weighted by atomic mass is 10.6. The number of hydrogen-bond acceptors (Lipinski definition) is 3. The summed E-state index contributed by atoms with van der Waals surface area (Å²) in [6.07, 6.45) is 0. The Labute approximate surface area is 47.8 Å². The van der Waals surface area contributed by atoms with Crippen LogP contribution < -0.4 is 0 Å². The van der Waals surface area contributed by atoms with Crippen LogP contribution in [0.25, 0.3) is 0 Å². The molecule has 1 heterocycles. The molecule has 1 aliphatic rings. The molecule has 0 spiro atoms. The molecule has 1 aliphatic heterocycles. The van der Waals surface area contributed by atoms with Gasteiger partial charge in [-0.05, 0) is 0 Å². The summed E-state index contributed by atoms with van der Waals surface area (Å²) in [4.78, 5) is 0. The molecule has 0 aliphatic carbocycles. The molecule has 0 aromatic carbocycles. The van der Waals surface area contributed by atoms with Gasteiger partial charge in [0.05, 0.1) is 0 Å². The van der Waals surface area contributed by atoms with E-state index in [4.69, 9.17) is 14.2 Å². The molecule has 3 nitrogen and oxygen atoms in total. The van der Waals surface area contributed by atoms with E-state index in [0.717, 1.165) is 0 Å². The van der Waals surface area contributed by atoms with Crippen molar-refractivity contribution < 1.29 is 14.2 Å². The predicted octanol–water partition coefficient (Wildman–Crippen LogP) is 0.477. The van der Waals surface area contributed by atoms with Crippen LogP contribution in [0.5, 0.6) is 0 Å². The fourth-order valence-electron chi connectivity index (χ4n) is 0.531. The highest BCUT2D eigenvalue weighted by Gasteiger charge is 2.54. The van der Waals surface area contributed by atoms with E-state index in [2.05, 4.69) is 6.58 Å². The first-order valence-electron chi connectivity index (χ1n) is 2.24. The lowest BCUT2D eigenvalue weighted by molar-refractivity contribution is -0.193. The maximum absolute atomic E-state index is 4.77. The molecule has 0 aromatic heterocycles. The van der Waals surface area contributed by atoms with E-state index in [1.54, 1.807) is 0 Å². The van der Waals surface area contributed by atoms with Crippen LogP contribution >= 0.6 is 0 Å². The molecule has 0 unspecified atom stereocenters. The third kappa shape index (κ3) is 0.519. The van der Waals surface area contributed by atoms with Crippen LogP contribution in [0, 0.1) is 0 Å². The molecule has 0 atom stereocenters. The van der Waals surface area contributed by atoms with Crippen LogP contribution in [0.1, 0.15) is 0 Å². The maximum Gasteiger partial charge on any atom is 0.389 e. The van der Waals surface area contributed by atoms with E-state index in [1.807, 2.05) is 0 Å². The summed E-state index contributed by atoms with van der Waals surface area (Å²) in [5, 5.41) is 0. The van der Waals surface area contributed by atoms with E-state index in [1.165, 1.54) is 14.2 Å². The largest absolute Gasteiger partial charge is 0.428 e. The lowest BCUT2D eigenvalue weighted by Gasteiger charge is -2.01. The average Bonchev–Trinajstić information content (AvgIpc) is 2.43. The fourth-order valence-corrected chi connectivity index (χ4v) is 0.531. The topological polar surface area (TPSA) is 31.0 Å². The third-order valence-electron chi connectivity index (χ3n) is 1.09. The smallest absolute Gasteiger partial charge is 0.389 e.